The van der Waals surface area contributed by atoms with Crippen LogP contribution < -0.4 is 0 Å². The Labute approximate surface area is 130 Å². The first-order valence-electron chi connectivity index (χ1n) is 7.00. The Morgan fingerprint density at radius 2 is 1.71 bits per heavy atom. The molecule has 0 aliphatic heterocycles. The Balaban J connectivity index is 2.17. The van der Waals surface area contributed by atoms with Crippen molar-refractivity contribution in [1.29, 1.82) is 0 Å². The summed E-state index contributed by atoms with van der Waals surface area (Å²) in [4.78, 5) is 0. The molecule has 0 aliphatic carbocycles. The molecular formula is C18H20ClFO. The Morgan fingerprint density at radius 3 is 2.29 bits per heavy atom. The minimum absolute atomic E-state index is 0.0720. The molecule has 2 rings (SSSR count). The van der Waals surface area contributed by atoms with Crippen LogP contribution in [0.4, 0.5) is 4.39 Å². The number of rotatable bonds is 3. The van der Waals surface area contributed by atoms with E-state index in [9.17, 15) is 9.50 Å². The zero-order valence-electron chi connectivity index (χ0n) is 12.5. The van der Waals surface area contributed by atoms with E-state index >= 15 is 0 Å². The van der Waals surface area contributed by atoms with Crippen LogP contribution in [0, 0.1) is 5.82 Å². The van der Waals surface area contributed by atoms with E-state index in [1.54, 1.807) is 12.1 Å². The van der Waals surface area contributed by atoms with E-state index in [4.69, 9.17) is 11.6 Å². The molecule has 3 heteroatoms. The average molecular weight is 307 g/mol. The molecule has 2 aromatic carbocycles. The second-order valence-corrected chi connectivity index (χ2v) is 6.71. The number of hydrogen-bond donors (Lipinski definition) is 1. The molecule has 0 aliphatic rings. The lowest BCUT2D eigenvalue weighted by molar-refractivity contribution is 0.177. The largest absolute Gasteiger partial charge is 0.388 e. The smallest absolute Gasteiger partial charge is 0.145 e. The molecule has 0 saturated heterocycles. The van der Waals surface area contributed by atoms with Crippen LogP contribution in [0.1, 0.15) is 43.6 Å². The topological polar surface area (TPSA) is 20.2 Å². The van der Waals surface area contributed by atoms with Crippen molar-refractivity contribution in [3.05, 3.63) is 70.0 Å². The first kappa shape index (κ1) is 16.0. The van der Waals surface area contributed by atoms with Gasteiger partial charge < -0.3 is 5.11 Å². The van der Waals surface area contributed by atoms with Crippen molar-refractivity contribution >= 4 is 11.6 Å². The van der Waals surface area contributed by atoms with Crippen molar-refractivity contribution < 1.29 is 9.50 Å². The maximum absolute atomic E-state index is 13.9. The second kappa shape index (κ2) is 6.17. The van der Waals surface area contributed by atoms with Crippen LogP contribution in [-0.2, 0) is 11.8 Å². The summed E-state index contributed by atoms with van der Waals surface area (Å²) >= 11 is 5.76. The molecule has 2 aromatic rings. The molecule has 1 N–H and O–H groups in total. The normalized spacial score (nSPS) is 13.2. The quantitative estimate of drug-likeness (QED) is 0.841. The van der Waals surface area contributed by atoms with Gasteiger partial charge in [-0.05, 0) is 28.2 Å². The summed E-state index contributed by atoms with van der Waals surface area (Å²) < 4.78 is 13.9. The molecule has 112 valence electrons. The summed E-state index contributed by atoms with van der Waals surface area (Å²) in [6.07, 6.45) is -0.534. The fourth-order valence-corrected chi connectivity index (χ4v) is 2.43. The van der Waals surface area contributed by atoms with Crippen LogP contribution in [-0.4, -0.2) is 5.11 Å². The molecule has 0 heterocycles. The predicted octanol–water partition coefficient (Wildman–Crippen LogP) is 5.05. The van der Waals surface area contributed by atoms with Crippen molar-refractivity contribution in [2.75, 3.05) is 0 Å². The number of aliphatic hydroxyl groups is 1. The second-order valence-electron chi connectivity index (χ2n) is 6.30. The van der Waals surface area contributed by atoms with Gasteiger partial charge in [-0.2, -0.15) is 0 Å². The van der Waals surface area contributed by atoms with E-state index < -0.39 is 11.9 Å². The monoisotopic (exact) mass is 306 g/mol. The van der Waals surface area contributed by atoms with Gasteiger partial charge in [0.05, 0.1) is 11.1 Å². The van der Waals surface area contributed by atoms with Gasteiger partial charge >= 0.3 is 0 Å². The number of benzene rings is 2. The fourth-order valence-electron chi connectivity index (χ4n) is 2.24. The SMILES string of the molecule is CC(C)(C)c1ccc(C(O)Cc2cccc(Cl)c2F)cc1. The summed E-state index contributed by atoms with van der Waals surface area (Å²) in [5.41, 5.74) is 2.48. The van der Waals surface area contributed by atoms with Crippen molar-refractivity contribution in [2.45, 2.75) is 38.7 Å². The number of halogens is 2. The van der Waals surface area contributed by atoms with E-state index in [2.05, 4.69) is 20.8 Å². The van der Waals surface area contributed by atoms with Crippen molar-refractivity contribution in [3.8, 4) is 0 Å². The first-order chi connectivity index (χ1) is 9.79. The zero-order valence-corrected chi connectivity index (χ0v) is 13.3. The Bertz CT molecular complexity index is 614. The Kier molecular flexibility index (Phi) is 4.70. The summed E-state index contributed by atoms with van der Waals surface area (Å²) in [5, 5.41) is 10.4. The van der Waals surface area contributed by atoms with Gasteiger partial charge in [0.25, 0.3) is 0 Å². The van der Waals surface area contributed by atoms with Crippen molar-refractivity contribution in [2.24, 2.45) is 0 Å². The molecule has 0 fully saturated rings. The van der Waals surface area contributed by atoms with Crippen LogP contribution in [0.3, 0.4) is 0 Å². The van der Waals surface area contributed by atoms with Crippen molar-refractivity contribution in [3.63, 3.8) is 0 Å². The summed E-state index contributed by atoms with van der Waals surface area (Å²) in [5.74, 6) is -0.454. The lowest BCUT2D eigenvalue weighted by Gasteiger charge is -2.20. The third-order valence-electron chi connectivity index (χ3n) is 3.61. The highest BCUT2D eigenvalue weighted by Gasteiger charge is 2.16. The van der Waals surface area contributed by atoms with Crippen LogP contribution >= 0.6 is 11.6 Å². The minimum atomic E-state index is -0.744. The highest BCUT2D eigenvalue weighted by molar-refractivity contribution is 6.30. The third-order valence-corrected chi connectivity index (χ3v) is 3.90. The van der Waals surface area contributed by atoms with Gasteiger partial charge in [-0.25, -0.2) is 4.39 Å². The maximum Gasteiger partial charge on any atom is 0.145 e. The number of aliphatic hydroxyl groups excluding tert-OH is 1. The Morgan fingerprint density at radius 1 is 1.10 bits per heavy atom. The molecule has 1 nitrogen and oxygen atoms in total. The van der Waals surface area contributed by atoms with Crippen LogP contribution in [0.15, 0.2) is 42.5 Å². The molecular weight excluding hydrogens is 287 g/mol. The van der Waals surface area contributed by atoms with Crippen molar-refractivity contribution in [1.82, 2.24) is 0 Å². The zero-order chi connectivity index (χ0) is 15.6. The molecule has 0 radical (unpaired) electrons. The van der Waals surface area contributed by atoms with Gasteiger partial charge in [0.2, 0.25) is 0 Å². The van der Waals surface area contributed by atoms with Crippen LogP contribution in [0.25, 0.3) is 0 Å². The lowest BCUT2D eigenvalue weighted by atomic mass is 9.86. The molecule has 0 saturated carbocycles. The molecule has 0 aromatic heterocycles. The molecule has 1 atom stereocenters. The molecule has 0 bridgehead atoms. The van der Waals surface area contributed by atoms with Gasteiger partial charge in [-0.1, -0.05) is 68.8 Å². The van der Waals surface area contributed by atoms with Crippen LogP contribution in [0.2, 0.25) is 5.02 Å². The maximum atomic E-state index is 13.9. The minimum Gasteiger partial charge on any atom is -0.388 e. The molecule has 0 amide bonds. The van der Waals surface area contributed by atoms with E-state index in [0.717, 1.165) is 5.56 Å². The van der Waals surface area contributed by atoms with Gasteiger partial charge in [-0.3, -0.25) is 0 Å². The standard InChI is InChI=1S/C18H20ClFO/c1-18(2,3)14-9-7-12(8-10-14)16(21)11-13-5-4-6-15(19)17(13)20/h4-10,16,21H,11H2,1-3H3. The third kappa shape index (κ3) is 3.84. The summed E-state index contributed by atoms with van der Waals surface area (Å²) in [6.45, 7) is 6.42. The van der Waals surface area contributed by atoms with Gasteiger partial charge in [0, 0.05) is 6.42 Å². The van der Waals surface area contributed by atoms with Gasteiger partial charge in [0.15, 0.2) is 0 Å². The predicted molar refractivity (Wildman–Crippen MR) is 85.2 cm³/mol. The van der Waals surface area contributed by atoms with Gasteiger partial charge in [0.1, 0.15) is 5.82 Å². The van der Waals surface area contributed by atoms with E-state index in [-0.39, 0.29) is 16.9 Å². The highest BCUT2D eigenvalue weighted by Crippen LogP contribution is 2.27. The van der Waals surface area contributed by atoms with Gasteiger partial charge in [-0.15, -0.1) is 0 Å². The number of hydrogen-bond acceptors (Lipinski definition) is 1. The molecule has 21 heavy (non-hydrogen) atoms. The summed E-state index contributed by atoms with van der Waals surface area (Å²) in [6, 6.07) is 12.6. The van der Waals surface area contributed by atoms with E-state index in [1.165, 1.54) is 11.6 Å². The van der Waals surface area contributed by atoms with E-state index in [1.807, 2.05) is 24.3 Å². The van der Waals surface area contributed by atoms with E-state index in [0.29, 0.717) is 5.56 Å². The Hall–Kier alpha value is -1.38. The van der Waals surface area contributed by atoms with Crippen LogP contribution in [0.5, 0.6) is 0 Å². The fraction of sp³-hybridized carbons (Fsp3) is 0.333. The average Bonchev–Trinajstić information content (AvgIpc) is 2.43. The first-order valence-corrected chi connectivity index (χ1v) is 7.38. The highest BCUT2D eigenvalue weighted by atomic mass is 35.5. The molecule has 1 unspecified atom stereocenters. The summed E-state index contributed by atoms with van der Waals surface area (Å²) in [7, 11) is 0. The molecule has 0 spiro atoms. The lowest BCUT2D eigenvalue weighted by Crippen LogP contribution is -2.11.